The van der Waals surface area contributed by atoms with Crippen molar-refractivity contribution in [2.45, 2.75) is 6.54 Å². The van der Waals surface area contributed by atoms with Crippen molar-refractivity contribution in [3.63, 3.8) is 0 Å². The molecule has 1 N–H and O–H groups in total. The molecule has 24 heavy (non-hydrogen) atoms. The number of benzene rings is 2. The number of rotatable bonds is 5. The second-order valence-electron chi connectivity index (χ2n) is 5.25. The van der Waals surface area contributed by atoms with E-state index in [0.717, 1.165) is 5.56 Å². The van der Waals surface area contributed by atoms with Crippen molar-refractivity contribution in [2.24, 2.45) is 0 Å². The third-order valence-corrected chi connectivity index (χ3v) is 3.49. The largest absolute Gasteiger partial charge is 0.478 e. The van der Waals surface area contributed by atoms with Crippen molar-refractivity contribution in [3.8, 4) is 11.5 Å². The SMILES string of the molecule is O=C(O)c1cccc(Oc2ccc(Cn3ccccc3=O)cc2)c1. The van der Waals surface area contributed by atoms with Crippen molar-refractivity contribution < 1.29 is 14.6 Å². The highest BCUT2D eigenvalue weighted by Crippen LogP contribution is 2.22. The van der Waals surface area contributed by atoms with Crippen LogP contribution in [0.15, 0.2) is 77.7 Å². The normalized spacial score (nSPS) is 10.3. The molecule has 0 saturated heterocycles. The van der Waals surface area contributed by atoms with Gasteiger partial charge in [0.1, 0.15) is 11.5 Å². The lowest BCUT2D eigenvalue weighted by Crippen LogP contribution is -2.18. The summed E-state index contributed by atoms with van der Waals surface area (Å²) in [5.74, 6) is 0.0627. The zero-order valence-electron chi connectivity index (χ0n) is 12.8. The first kappa shape index (κ1) is 15.6. The zero-order valence-corrected chi connectivity index (χ0v) is 12.8. The van der Waals surface area contributed by atoms with Crippen LogP contribution in [0, 0.1) is 0 Å². The van der Waals surface area contributed by atoms with E-state index >= 15 is 0 Å². The lowest BCUT2D eigenvalue weighted by atomic mass is 10.2. The van der Waals surface area contributed by atoms with E-state index in [1.165, 1.54) is 18.2 Å². The Morgan fingerprint density at radius 1 is 0.958 bits per heavy atom. The van der Waals surface area contributed by atoms with Crippen LogP contribution in [0.25, 0.3) is 0 Å². The van der Waals surface area contributed by atoms with Crippen LogP contribution in [0.3, 0.4) is 0 Å². The van der Waals surface area contributed by atoms with Crippen LogP contribution >= 0.6 is 0 Å². The minimum atomic E-state index is -0.996. The number of carbonyl (C=O) groups is 1. The highest BCUT2D eigenvalue weighted by molar-refractivity contribution is 5.88. The van der Waals surface area contributed by atoms with E-state index in [0.29, 0.717) is 18.0 Å². The molecule has 5 nitrogen and oxygen atoms in total. The molecule has 0 bridgehead atoms. The highest BCUT2D eigenvalue weighted by atomic mass is 16.5. The molecular weight excluding hydrogens is 306 g/mol. The fourth-order valence-electron chi connectivity index (χ4n) is 2.28. The molecule has 2 aromatic carbocycles. The van der Waals surface area contributed by atoms with Gasteiger partial charge in [0.05, 0.1) is 12.1 Å². The number of aromatic carboxylic acids is 1. The van der Waals surface area contributed by atoms with Gasteiger partial charge in [-0.3, -0.25) is 4.79 Å². The maximum atomic E-state index is 11.7. The summed E-state index contributed by atoms with van der Waals surface area (Å²) < 4.78 is 7.28. The Balaban J connectivity index is 1.73. The molecule has 0 radical (unpaired) electrons. The van der Waals surface area contributed by atoms with Gasteiger partial charge in [-0.15, -0.1) is 0 Å². The molecule has 120 valence electrons. The van der Waals surface area contributed by atoms with E-state index < -0.39 is 5.97 Å². The monoisotopic (exact) mass is 321 g/mol. The molecule has 0 aliphatic heterocycles. The van der Waals surface area contributed by atoms with Gasteiger partial charge in [0, 0.05) is 12.3 Å². The van der Waals surface area contributed by atoms with Gasteiger partial charge in [-0.25, -0.2) is 4.79 Å². The van der Waals surface area contributed by atoms with Crippen molar-refractivity contribution >= 4 is 5.97 Å². The van der Waals surface area contributed by atoms with E-state index in [-0.39, 0.29) is 11.1 Å². The van der Waals surface area contributed by atoms with E-state index in [9.17, 15) is 9.59 Å². The Hall–Kier alpha value is -3.34. The molecule has 0 aliphatic rings. The predicted octanol–water partition coefficient (Wildman–Crippen LogP) is 3.39. The molecule has 1 aromatic heterocycles. The van der Waals surface area contributed by atoms with Gasteiger partial charge in [0.2, 0.25) is 0 Å². The number of ether oxygens (including phenoxy) is 1. The molecule has 0 amide bonds. The van der Waals surface area contributed by atoms with Crippen molar-refractivity contribution in [2.75, 3.05) is 0 Å². The Morgan fingerprint density at radius 3 is 2.46 bits per heavy atom. The van der Waals surface area contributed by atoms with E-state index in [2.05, 4.69) is 0 Å². The van der Waals surface area contributed by atoms with Crippen molar-refractivity contribution in [1.29, 1.82) is 0 Å². The van der Waals surface area contributed by atoms with Gasteiger partial charge in [-0.2, -0.15) is 0 Å². The lowest BCUT2D eigenvalue weighted by molar-refractivity contribution is 0.0696. The minimum absolute atomic E-state index is 0.0525. The molecule has 3 aromatic rings. The summed E-state index contributed by atoms with van der Waals surface area (Å²) in [6.45, 7) is 0.481. The number of aromatic nitrogens is 1. The third-order valence-electron chi connectivity index (χ3n) is 3.49. The Bertz CT molecular complexity index is 913. The molecule has 5 heteroatoms. The summed E-state index contributed by atoms with van der Waals surface area (Å²) in [4.78, 5) is 22.7. The van der Waals surface area contributed by atoms with E-state index in [1.807, 2.05) is 18.2 Å². The molecule has 1 heterocycles. The van der Waals surface area contributed by atoms with Crippen molar-refractivity contribution in [3.05, 3.63) is 94.4 Å². The Morgan fingerprint density at radius 2 is 1.75 bits per heavy atom. The van der Waals surface area contributed by atoms with Gasteiger partial charge >= 0.3 is 5.97 Å². The van der Waals surface area contributed by atoms with Crippen LogP contribution in [0.5, 0.6) is 11.5 Å². The number of hydrogen-bond acceptors (Lipinski definition) is 3. The summed E-state index contributed by atoms with van der Waals surface area (Å²) in [6.07, 6.45) is 1.74. The highest BCUT2D eigenvalue weighted by Gasteiger charge is 2.05. The Kier molecular flexibility index (Phi) is 4.43. The van der Waals surface area contributed by atoms with Gasteiger partial charge in [-0.05, 0) is 42.0 Å². The fourth-order valence-corrected chi connectivity index (χ4v) is 2.28. The quantitative estimate of drug-likeness (QED) is 0.782. The summed E-state index contributed by atoms with van der Waals surface area (Å²) in [5.41, 5.74) is 1.09. The number of carboxylic acids is 1. The van der Waals surface area contributed by atoms with E-state index in [1.54, 1.807) is 41.1 Å². The molecular formula is C19H15NO4. The second-order valence-corrected chi connectivity index (χ2v) is 5.25. The predicted molar refractivity (Wildman–Crippen MR) is 89.7 cm³/mol. The van der Waals surface area contributed by atoms with Gasteiger partial charge in [-0.1, -0.05) is 24.3 Å². The average molecular weight is 321 g/mol. The van der Waals surface area contributed by atoms with Gasteiger partial charge in [0.25, 0.3) is 5.56 Å². The molecule has 3 rings (SSSR count). The molecule has 0 aliphatic carbocycles. The third kappa shape index (κ3) is 3.70. The van der Waals surface area contributed by atoms with Crippen LogP contribution in [0.4, 0.5) is 0 Å². The summed E-state index contributed by atoms with van der Waals surface area (Å²) in [6, 6.07) is 18.7. The second kappa shape index (κ2) is 6.83. The van der Waals surface area contributed by atoms with E-state index in [4.69, 9.17) is 9.84 Å². The van der Waals surface area contributed by atoms with Gasteiger partial charge < -0.3 is 14.4 Å². The molecule has 0 atom stereocenters. The summed E-state index contributed by atoms with van der Waals surface area (Å²) >= 11 is 0. The van der Waals surface area contributed by atoms with Crippen LogP contribution in [0.2, 0.25) is 0 Å². The molecule has 0 spiro atoms. The first-order valence-corrected chi connectivity index (χ1v) is 7.37. The fraction of sp³-hybridized carbons (Fsp3) is 0.0526. The smallest absolute Gasteiger partial charge is 0.335 e. The van der Waals surface area contributed by atoms with Gasteiger partial charge in [0.15, 0.2) is 0 Å². The first-order valence-electron chi connectivity index (χ1n) is 7.37. The minimum Gasteiger partial charge on any atom is -0.478 e. The number of nitrogens with zero attached hydrogens (tertiary/aromatic N) is 1. The maximum Gasteiger partial charge on any atom is 0.335 e. The topological polar surface area (TPSA) is 68.5 Å². The number of carboxylic acid groups (broad SMARTS) is 1. The zero-order chi connectivity index (χ0) is 16.9. The maximum absolute atomic E-state index is 11.7. The molecule has 0 fully saturated rings. The molecule has 0 saturated carbocycles. The standard InChI is InChI=1S/C19H15NO4/c21-18-6-1-2-11-20(18)13-14-7-9-16(10-8-14)24-17-5-3-4-15(12-17)19(22)23/h1-12H,13H2,(H,22,23). The number of pyridine rings is 1. The average Bonchev–Trinajstić information content (AvgIpc) is 2.59. The number of hydrogen-bond donors (Lipinski definition) is 1. The molecule has 0 unspecified atom stereocenters. The van der Waals surface area contributed by atoms with Crippen LogP contribution in [-0.4, -0.2) is 15.6 Å². The summed E-state index contributed by atoms with van der Waals surface area (Å²) in [5, 5.41) is 8.99. The van der Waals surface area contributed by atoms with Crippen LogP contribution in [0.1, 0.15) is 15.9 Å². The first-order chi connectivity index (χ1) is 11.6. The lowest BCUT2D eigenvalue weighted by Gasteiger charge is -2.08. The van der Waals surface area contributed by atoms with Crippen LogP contribution in [-0.2, 0) is 6.54 Å². The Labute approximate surface area is 138 Å². The summed E-state index contributed by atoms with van der Waals surface area (Å²) in [7, 11) is 0. The van der Waals surface area contributed by atoms with Crippen LogP contribution < -0.4 is 10.3 Å². The van der Waals surface area contributed by atoms with Crippen molar-refractivity contribution in [1.82, 2.24) is 4.57 Å².